The first-order valence-corrected chi connectivity index (χ1v) is 11.0. The number of allylic oxidation sites excluding steroid dienone is 1. The van der Waals surface area contributed by atoms with E-state index in [1.165, 1.54) is 16.3 Å². The summed E-state index contributed by atoms with van der Waals surface area (Å²) < 4.78 is 1.50. The first-order chi connectivity index (χ1) is 13.5. The summed E-state index contributed by atoms with van der Waals surface area (Å²) in [7, 11) is 0. The zero-order valence-electron chi connectivity index (χ0n) is 15.1. The molecule has 0 radical (unpaired) electrons. The van der Waals surface area contributed by atoms with Gasteiger partial charge in [0.15, 0.2) is 5.16 Å². The van der Waals surface area contributed by atoms with Gasteiger partial charge in [0.25, 0.3) is 5.56 Å². The van der Waals surface area contributed by atoms with Crippen molar-refractivity contribution in [2.45, 2.75) is 16.6 Å². The van der Waals surface area contributed by atoms with Gasteiger partial charge in [0.1, 0.15) is 0 Å². The number of halogens is 1. The van der Waals surface area contributed by atoms with Crippen molar-refractivity contribution in [2.75, 3.05) is 17.3 Å². The summed E-state index contributed by atoms with van der Waals surface area (Å²) in [5.41, 5.74) is 1.11. The highest BCUT2D eigenvalue weighted by atomic mass is 35.5. The van der Waals surface area contributed by atoms with Crippen LogP contribution in [0.4, 0.5) is 5.69 Å². The molecule has 0 bridgehead atoms. The molecule has 0 spiro atoms. The molecule has 0 saturated carbocycles. The summed E-state index contributed by atoms with van der Waals surface area (Å²) in [6, 6.07) is 12.6. The third-order valence-electron chi connectivity index (χ3n) is 3.91. The van der Waals surface area contributed by atoms with Gasteiger partial charge in [0.2, 0.25) is 5.91 Å². The number of hydrogen-bond donors (Lipinski definition) is 1. The van der Waals surface area contributed by atoms with Crippen molar-refractivity contribution in [1.82, 2.24) is 9.55 Å². The van der Waals surface area contributed by atoms with E-state index in [-0.39, 0.29) is 17.2 Å². The highest BCUT2D eigenvalue weighted by molar-refractivity contribution is 7.99. The van der Waals surface area contributed by atoms with E-state index in [4.69, 9.17) is 11.6 Å². The number of amides is 1. The minimum absolute atomic E-state index is 0.130. The molecule has 1 heterocycles. The average Bonchev–Trinajstić information content (AvgIpc) is 2.70. The van der Waals surface area contributed by atoms with Gasteiger partial charge in [-0.05, 0) is 36.6 Å². The maximum atomic E-state index is 12.8. The Morgan fingerprint density at radius 2 is 2.11 bits per heavy atom. The SMILES string of the molecule is C=CCn1c(SCC(=O)Nc2ccccc2SC)nc2ccc(Cl)cc2c1=O. The number of thioether (sulfide) groups is 2. The number of nitrogens with zero attached hydrogens (tertiary/aromatic N) is 2. The molecule has 1 amide bonds. The van der Waals surface area contributed by atoms with E-state index in [1.54, 1.807) is 36.0 Å². The third kappa shape index (κ3) is 4.60. The first kappa shape index (κ1) is 20.5. The molecule has 28 heavy (non-hydrogen) atoms. The van der Waals surface area contributed by atoms with E-state index in [9.17, 15) is 9.59 Å². The molecule has 144 valence electrons. The second-order valence-electron chi connectivity index (χ2n) is 5.80. The molecule has 0 saturated heterocycles. The van der Waals surface area contributed by atoms with E-state index >= 15 is 0 Å². The number of para-hydroxylation sites is 1. The average molecular weight is 432 g/mol. The molecule has 5 nitrogen and oxygen atoms in total. The third-order valence-corrected chi connectivity index (χ3v) is 5.91. The minimum Gasteiger partial charge on any atom is -0.324 e. The van der Waals surface area contributed by atoms with Crippen LogP contribution in [0.15, 0.2) is 70.0 Å². The molecule has 1 aromatic heterocycles. The molecule has 0 unspecified atom stereocenters. The van der Waals surface area contributed by atoms with Crippen LogP contribution in [-0.2, 0) is 11.3 Å². The molecule has 0 aliphatic rings. The van der Waals surface area contributed by atoms with Crippen LogP contribution in [0.2, 0.25) is 5.02 Å². The van der Waals surface area contributed by atoms with Crippen molar-refractivity contribution in [3.05, 3.63) is 70.5 Å². The van der Waals surface area contributed by atoms with Gasteiger partial charge in [-0.25, -0.2) is 4.98 Å². The maximum absolute atomic E-state index is 12.8. The van der Waals surface area contributed by atoms with Crippen molar-refractivity contribution in [1.29, 1.82) is 0 Å². The number of aromatic nitrogens is 2. The molecule has 1 N–H and O–H groups in total. The summed E-state index contributed by atoms with van der Waals surface area (Å²) in [5, 5.41) is 4.29. The maximum Gasteiger partial charge on any atom is 0.262 e. The molecule has 0 aliphatic heterocycles. The number of nitrogens with one attached hydrogen (secondary N) is 1. The van der Waals surface area contributed by atoms with Gasteiger partial charge in [-0.1, -0.05) is 41.6 Å². The molecule has 0 aliphatic carbocycles. The lowest BCUT2D eigenvalue weighted by molar-refractivity contribution is -0.113. The van der Waals surface area contributed by atoms with E-state index in [0.717, 1.165) is 10.6 Å². The minimum atomic E-state index is -0.206. The Balaban J connectivity index is 1.84. The Hall–Kier alpha value is -2.22. The summed E-state index contributed by atoms with van der Waals surface area (Å²) in [4.78, 5) is 30.8. The van der Waals surface area contributed by atoms with Crippen LogP contribution >= 0.6 is 35.1 Å². The second kappa shape index (κ2) is 9.32. The zero-order valence-corrected chi connectivity index (χ0v) is 17.5. The number of anilines is 1. The van der Waals surface area contributed by atoms with Gasteiger partial charge in [-0.15, -0.1) is 18.3 Å². The Kier molecular flexibility index (Phi) is 6.83. The van der Waals surface area contributed by atoms with Gasteiger partial charge in [0.05, 0.1) is 22.3 Å². The summed E-state index contributed by atoms with van der Waals surface area (Å²) in [5.74, 6) is -0.0344. The van der Waals surface area contributed by atoms with E-state index in [0.29, 0.717) is 27.6 Å². The van der Waals surface area contributed by atoms with Crippen LogP contribution in [0.1, 0.15) is 0 Å². The Morgan fingerprint density at radius 1 is 1.32 bits per heavy atom. The van der Waals surface area contributed by atoms with Crippen molar-refractivity contribution < 1.29 is 4.79 Å². The summed E-state index contributed by atoms with van der Waals surface area (Å²) in [6.07, 6.45) is 3.58. The van der Waals surface area contributed by atoms with Gasteiger partial charge in [0, 0.05) is 16.5 Å². The molecular weight excluding hydrogens is 414 g/mol. The molecule has 3 rings (SSSR count). The van der Waals surface area contributed by atoms with Crippen LogP contribution in [0.5, 0.6) is 0 Å². The molecule has 0 fully saturated rings. The lowest BCUT2D eigenvalue weighted by Gasteiger charge is -2.12. The van der Waals surface area contributed by atoms with Gasteiger partial charge in [-0.3, -0.25) is 14.2 Å². The van der Waals surface area contributed by atoms with Gasteiger partial charge < -0.3 is 5.32 Å². The molecular formula is C20H18ClN3O2S2. The lowest BCUT2D eigenvalue weighted by atomic mass is 10.2. The number of hydrogen-bond acceptors (Lipinski definition) is 5. The van der Waals surface area contributed by atoms with Gasteiger partial charge in [-0.2, -0.15) is 0 Å². The standard InChI is InChI=1S/C20H18ClN3O2S2/c1-3-10-24-19(26)14-11-13(21)8-9-15(14)23-20(24)28-12-18(25)22-16-6-4-5-7-17(16)27-2/h3-9,11H,1,10,12H2,2H3,(H,22,25). The van der Waals surface area contributed by atoms with Crippen molar-refractivity contribution >= 4 is 57.6 Å². The fourth-order valence-electron chi connectivity index (χ4n) is 2.64. The number of carbonyl (C=O) groups excluding carboxylic acids is 1. The topological polar surface area (TPSA) is 64.0 Å². The predicted molar refractivity (Wildman–Crippen MR) is 119 cm³/mol. The fraction of sp³-hybridized carbons (Fsp3) is 0.150. The highest BCUT2D eigenvalue weighted by Gasteiger charge is 2.14. The van der Waals surface area contributed by atoms with Crippen LogP contribution < -0.4 is 10.9 Å². The Bertz CT molecular complexity index is 1100. The van der Waals surface area contributed by atoms with Crippen LogP contribution in [-0.4, -0.2) is 27.5 Å². The molecule has 0 atom stereocenters. The molecule has 2 aromatic carbocycles. The van der Waals surface area contributed by atoms with E-state index in [1.807, 2.05) is 30.5 Å². The van der Waals surface area contributed by atoms with Crippen molar-refractivity contribution in [3.63, 3.8) is 0 Å². The van der Waals surface area contributed by atoms with Gasteiger partial charge >= 0.3 is 0 Å². The molecule has 8 heteroatoms. The quantitative estimate of drug-likeness (QED) is 0.334. The summed E-state index contributed by atoms with van der Waals surface area (Å²) in [6.45, 7) is 4.00. The molecule has 3 aromatic rings. The summed E-state index contributed by atoms with van der Waals surface area (Å²) >= 11 is 8.79. The fourth-order valence-corrected chi connectivity index (χ4v) is 4.17. The van der Waals surface area contributed by atoms with E-state index < -0.39 is 0 Å². The second-order valence-corrected chi connectivity index (χ2v) is 8.02. The largest absolute Gasteiger partial charge is 0.324 e. The number of benzene rings is 2. The number of carbonyl (C=O) groups is 1. The lowest BCUT2D eigenvalue weighted by Crippen LogP contribution is -2.24. The highest BCUT2D eigenvalue weighted by Crippen LogP contribution is 2.25. The van der Waals surface area contributed by atoms with Crippen molar-refractivity contribution in [3.8, 4) is 0 Å². The number of fused-ring (bicyclic) bond motifs is 1. The van der Waals surface area contributed by atoms with Crippen LogP contribution in [0.3, 0.4) is 0 Å². The number of rotatable bonds is 7. The Labute approximate surface area is 176 Å². The van der Waals surface area contributed by atoms with Crippen molar-refractivity contribution in [2.24, 2.45) is 0 Å². The monoisotopic (exact) mass is 431 g/mol. The zero-order chi connectivity index (χ0) is 20.1. The van der Waals surface area contributed by atoms with E-state index in [2.05, 4.69) is 16.9 Å². The van der Waals surface area contributed by atoms with Crippen LogP contribution in [0, 0.1) is 0 Å². The predicted octanol–water partition coefficient (Wildman–Crippen LogP) is 4.69. The normalized spacial score (nSPS) is 10.8. The first-order valence-electron chi connectivity index (χ1n) is 8.40. The Morgan fingerprint density at radius 3 is 2.86 bits per heavy atom. The van der Waals surface area contributed by atoms with Crippen LogP contribution in [0.25, 0.3) is 10.9 Å². The smallest absolute Gasteiger partial charge is 0.262 e.